The first kappa shape index (κ1) is 10.4. The Hall–Kier alpha value is -2.11. The van der Waals surface area contributed by atoms with Crippen molar-refractivity contribution in [3.05, 3.63) is 29.0 Å². The van der Waals surface area contributed by atoms with E-state index < -0.39 is 5.97 Å². The van der Waals surface area contributed by atoms with Crippen molar-refractivity contribution in [2.75, 3.05) is 0 Å². The number of carbonyl (C=O) groups is 1. The van der Waals surface area contributed by atoms with Crippen LogP contribution in [0.5, 0.6) is 0 Å². The quantitative estimate of drug-likeness (QED) is 0.560. The van der Waals surface area contributed by atoms with Crippen molar-refractivity contribution in [1.82, 2.24) is 5.16 Å². The molecule has 0 spiro atoms. The third-order valence-corrected chi connectivity index (χ3v) is 1.98. The first-order valence-electron chi connectivity index (χ1n) is 4.79. The Balaban J connectivity index is 2.48. The van der Waals surface area contributed by atoms with Gasteiger partial charge in [-0.3, -0.25) is 4.63 Å². The molecule has 0 saturated carbocycles. The van der Waals surface area contributed by atoms with Gasteiger partial charge in [-0.2, -0.15) is 0 Å². The van der Waals surface area contributed by atoms with E-state index >= 15 is 0 Å². The molecule has 0 N–H and O–H groups in total. The zero-order chi connectivity index (χ0) is 11.7. The largest absolute Gasteiger partial charge is 0.459 e. The van der Waals surface area contributed by atoms with Gasteiger partial charge >= 0.3 is 5.97 Å². The van der Waals surface area contributed by atoms with E-state index in [0.717, 1.165) is 0 Å². The lowest BCUT2D eigenvalue weighted by Crippen LogP contribution is -2.22. The molecule has 16 heavy (non-hydrogen) atoms. The van der Waals surface area contributed by atoms with Crippen LogP contribution in [0.15, 0.2) is 22.8 Å². The lowest BCUT2D eigenvalue weighted by molar-refractivity contribution is -0.782. The third-order valence-electron chi connectivity index (χ3n) is 1.98. The van der Waals surface area contributed by atoms with E-state index in [1.807, 2.05) is 0 Å². The highest BCUT2D eigenvalue weighted by molar-refractivity contribution is 6.00. The summed E-state index contributed by atoms with van der Waals surface area (Å²) in [6, 6.07) is 4.63. The third kappa shape index (κ3) is 1.69. The number of esters is 1. The topological polar surface area (TPSA) is 79.3 Å². The van der Waals surface area contributed by atoms with Gasteiger partial charge in [-0.15, -0.1) is 0 Å². The van der Waals surface area contributed by atoms with Crippen LogP contribution in [0, 0.1) is 5.21 Å². The van der Waals surface area contributed by atoms with Gasteiger partial charge in [0.25, 0.3) is 5.52 Å². The van der Waals surface area contributed by atoms with Crippen molar-refractivity contribution in [3.63, 3.8) is 0 Å². The Morgan fingerprint density at radius 1 is 1.56 bits per heavy atom. The number of hydrogen-bond donors (Lipinski definition) is 0. The fraction of sp³-hybridized carbons (Fsp3) is 0.300. The van der Waals surface area contributed by atoms with Crippen LogP contribution in [0.2, 0.25) is 0 Å². The standard InChI is InChI=1S/C10H10N2O4/c1-6(2)15-10(13)7-4-3-5-8-9(7)11-16-12(8)14/h3-6H,1-2H3. The van der Waals surface area contributed by atoms with Gasteiger partial charge in [0.2, 0.25) is 5.52 Å². The number of hydrogen-bond acceptors (Lipinski definition) is 5. The number of benzene rings is 1. The number of rotatable bonds is 2. The van der Waals surface area contributed by atoms with E-state index in [1.54, 1.807) is 19.9 Å². The highest BCUT2D eigenvalue weighted by Gasteiger charge is 2.20. The molecule has 0 aliphatic rings. The molecule has 0 aliphatic carbocycles. The molecule has 0 bridgehead atoms. The Labute approximate surface area is 90.9 Å². The highest BCUT2D eigenvalue weighted by atomic mass is 16.8. The van der Waals surface area contributed by atoms with E-state index in [2.05, 4.69) is 9.79 Å². The fourth-order valence-corrected chi connectivity index (χ4v) is 1.34. The summed E-state index contributed by atoms with van der Waals surface area (Å²) in [5, 5.41) is 14.6. The summed E-state index contributed by atoms with van der Waals surface area (Å²) in [5.41, 5.74) is 0.644. The average Bonchev–Trinajstić information content (AvgIpc) is 2.59. The molecule has 1 aromatic heterocycles. The van der Waals surface area contributed by atoms with Gasteiger partial charge in [0.1, 0.15) is 5.56 Å². The first-order valence-corrected chi connectivity index (χ1v) is 4.79. The molecule has 1 heterocycles. The van der Waals surface area contributed by atoms with Crippen LogP contribution in [-0.4, -0.2) is 17.2 Å². The predicted molar refractivity (Wildman–Crippen MR) is 53.5 cm³/mol. The molecule has 0 unspecified atom stereocenters. The van der Waals surface area contributed by atoms with Crippen LogP contribution in [0.3, 0.4) is 0 Å². The SMILES string of the molecule is CC(C)OC(=O)c1cccc2c1no[n+]2[O-]. The van der Waals surface area contributed by atoms with E-state index in [1.165, 1.54) is 12.1 Å². The molecule has 0 atom stereocenters. The monoisotopic (exact) mass is 222 g/mol. The number of ether oxygens (including phenoxy) is 1. The van der Waals surface area contributed by atoms with Crippen molar-refractivity contribution in [2.24, 2.45) is 0 Å². The minimum Gasteiger partial charge on any atom is -0.459 e. The van der Waals surface area contributed by atoms with Gasteiger partial charge in [-0.25, -0.2) is 4.79 Å². The maximum Gasteiger partial charge on any atom is 0.343 e. The molecule has 6 nitrogen and oxygen atoms in total. The molecule has 84 valence electrons. The summed E-state index contributed by atoms with van der Waals surface area (Å²) in [6.07, 6.45) is -0.228. The van der Waals surface area contributed by atoms with Crippen LogP contribution in [0.4, 0.5) is 0 Å². The first-order chi connectivity index (χ1) is 7.59. The maximum atomic E-state index is 11.7. The molecule has 0 amide bonds. The molecule has 0 aliphatic heterocycles. The van der Waals surface area contributed by atoms with E-state index in [9.17, 15) is 10.0 Å². The van der Waals surface area contributed by atoms with Crippen LogP contribution in [0.25, 0.3) is 11.0 Å². The fourth-order valence-electron chi connectivity index (χ4n) is 1.34. The molecule has 2 aromatic rings. The predicted octanol–water partition coefficient (Wildman–Crippen LogP) is 1.03. The minimum absolute atomic E-state index is 0.207. The van der Waals surface area contributed by atoms with Gasteiger partial charge in [0.15, 0.2) is 0 Å². The molecular formula is C10H10N2O4. The second-order valence-electron chi connectivity index (χ2n) is 3.56. The summed E-state index contributed by atoms with van der Waals surface area (Å²) >= 11 is 0. The summed E-state index contributed by atoms with van der Waals surface area (Å²) < 4.78 is 9.44. The van der Waals surface area contributed by atoms with Crippen LogP contribution >= 0.6 is 0 Å². The van der Waals surface area contributed by atoms with E-state index in [-0.39, 0.29) is 27.6 Å². The van der Waals surface area contributed by atoms with Crippen LogP contribution < -0.4 is 4.90 Å². The van der Waals surface area contributed by atoms with E-state index in [4.69, 9.17) is 4.74 Å². The minimum atomic E-state index is -0.519. The summed E-state index contributed by atoms with van der Waals surface area (Å²) in [5.74, 6) is -0.519. The average molecular weight is 222 g/mol. The zero-order valence-corrected chi connectivity index (χ0v) is 8.84. The second kappa shape index (κ2) is 3.80. The normalized spacial score (nSPS) is 10.9. The molecule has 2 rings (SSSR count). The molecule has 0 radical (unpaired) electrons. The summed E-state index contributed by atoms with van der Waals surface area (Å²) in [6.45, 7) is 3.49. The molecule has 0 fully saturated rings. The molecule has 0 saturated heterocycles. The molecular weight excluding hydrogens is 212 g/mol. The Morgan fingerprint density at radius 3 is 3.00 bits per heavy atom. The van der Waals surface area contributed by atoms with Crippen LogP contribution in [-0.2, 0) is 4.74 Å². The Bertz CT molecular complexity index is 533. The van der Waals surface area contributed by atoms with Crippen LogP contribution in [0.1, 0.15) is 24.2 Å². The molecule has 6 heteroatoms. The van der Waals surface area contributed by atoms with Crippen molar-refractivity contribution >= 4 is 17.0 Å². The highest BCUT2D eigenvalue weighted by Crippen LogP contribution is 2.15. The van der Waals surface area contributed by atoms with Gasteiger partial charge in [-0.1, -0.05) is 6.07 Å². The number of carbonyl (C=O) groups excluding carboxylic acids is 1. The second-order valence-corrected chi connectivity index (χ2v) is 3.56. The maximum absolute atomic E-state index is 11.7. The lowest BCUT2D eigenvalue weighted by Gasteiger charge is -2.06. The van der Waals surface area contributed by atoms with Crippen molar-refractivity contribution in [2.45, 2.75) is 20.0 Å². The smallest absolute Gasteiger partial charge is 0.343 e. The zero-order valence-electron chi connectivity index (χ0n) is 8.84. The van der Waals surface area contributed by atoms with Crippen molar-refractivity contribution in [1.29, 1.82) is 0 Å². The summed E-state index contributed by atoms with van der Waals surface area (Å²) in [4.78, 5) is 11.9. The van der Waals surface area contributed by atoms with Gasteiger partial charge in [-0.05, 0) is 30.9 Å². The van der Waals surface area contributed by atoms with Gasteiger partial charge < -0.3 is 9.94 Å². The van der Waals surface area contributed by atoms with Gasteiger partial charge in [0, 0.05) is 5.16 Å². The summed E-state index contributed by atoms with van der Waals surface area (Å²) in [7, 11) is 0. The number of nitrogens with zero attached hydrogens (tertiary/aromatic N) is 2. The lowest BCUT2D eigenvalue weighted by atomic mass is 10.2. The van der Waals surface area contributed by atoms with Crippen molar-refractivity contribution in [3.8, 4) is 0 Å². The number of fused-ring (bicyclic) bond motifs is 1. The van der Waals surface area contributed by atoms with Gasteiger partial charge in [0.05, 0.1) is 6.10 Å². The Kier molecular flexibility index (Phi) is 2.47. The number of aromatic nitrogens is 2. The van der Waals surface area contributed by atoms with Crippen molar-refractivity contribution < 1.29 is 19.1 Å². The molecule has 1 aromatic carbocycles. The Morgan fingerprint density at radius 2 is 2.31 bits per heavy atom. The van der Waals surface area contributed by atoms with E-state index in [0.29, 0.717) is 0 Å².